The second kappa shape index (κ2) is 5.17. The minimum absolute atomic E-state index is 0.0992. The van der Waals surface area contributed by atoms with Crippen LogP contribution in [0.2, 0.25) is 0 Å². The van der Waals surface area contributed by atoms with E-state index in [0.29, 0.717) is 12.0 Å². The molecule has 3 nitrogen and oxygen atoms in total. The van der Waals surface area contributed by atoms with E-state index in [1.165, 1.54) is 0 Å². The van der Waals surface area contributed by atoms with Crippen molar-refractivity contribution in [3.63, 3.8) is 0 Å². The number of hydrogen-bond donors (Lipinski definition) is 1. The van der Waals surface area contributed by atoms with Crippen molar-refractivity contribution in [3.8, 4) is 0 Å². The molecule has 1 fully saturated rings. The molecule has 0 radical (unpaired) electrons. The van der Waals surface area contributed by atoms with Crippen LogP contribution in [0.5, 0.6) is 0 Å². The number of hydrogen-bond acceptors (Lipinski definition) is 3. The molecule has 0 aromatic rings. The van der Waals surface area contributed by atoms with Gasteiger partial charge in [-0.3, -0.25) is 4.79 Å². The van der Waals surface area contributed by atoms with E-state index in [-0.39, 0.29) is 17.6 Å². The topological polar surface area (TPSA) is 38.3 Å². The summed E-state index contributed by atoms with van der Waals surface area (Å²) in [6.45, 7) is 10.1. The van der Waals surface area contributed by atoms with Crippen molar-refractivity contribution >= 4 is 5.97 Å². The van der Waals surface area contributed by atoms with Gasteiger partial charge in [-0.1, -0.05) is 13.8 Å². The molecule has 0 bridgehead atoms. The molecule has 0 saturated carbocycles. The normalized spacial score (nSPS) is 26.9. The number of piperidine rings is 1. The van der Waals surface area contributed by atoms with Crippen LogP contribution in [0, 0.1) is 5.92 Å². The lowest BCUT2D eigenvalue weighted by Gasteiger charge is -2.33. The van der Waals surface area contributed by atoms with Crippen molar-refractivity contribution in [1.82, 2.24) is 5.32 Å². The number of carbonyl (C=O) groups is 1. The molecule has 2 atom stereocenters. The van der Waals surface area contributed by atoms with Gasteiger partial charge in [0.25, 0.3) is 0 Å². The van der Waals surface area contributed by atoms with E-state index >= 15 is 0 Å². The summed E-state index contributed by atoms with van der Waals surface area (Å²) in [6, 6.07) is 0.339. The van der Waals surface area contributed by atoms with E-state index in [1.54, 1.807) is 0 Å². The highest BCUT2D eigenvalue weighted by atomic mass is 16.6. The number of rotatable bonds is 2. The van der Waals surface area contributed by atoms with E-state index in [1.807, 2.05) is 20.8 Å². The molecule has 0 aromatic heterocycles. The monoisotopic (exact) mass is 227 g/mol. The van der Waals surface area contributed by atoms with Crippen molar-refractivity contribution in [2.45, 2.75) is 71.6 Å². The predicted octanol–water partition coefficient (Wildman–Crippen LogP) is 2.49. The van der Waals surface area contributed by atoms with Crippen molar-refractivity contribution in [3.05, 3.63) is 0 Å². The van der Waals surface area contributed by atoms with Gasteiger partial charge in [0.2, 0.25) is 0 Å². The summed E-state index contributed by atoms with van der Waals surface area (Å²) in [6.07, 6.45) is 3.18. The smallest absolute Gasteiger partial charge is 0.323 e. The third-order valence-electron chi connectivity index (χ3n) is 2.92. The van der Waals surface area contributed by atoms with Crippen molar-refractivity contribution in [2.24, 2.45) is 5.92 Å². The van der Waals surface area contributed by atoms with Crippen LogP contribution in [0.4, 0.5) is 0 Å². The third kappa shape index (κ3) is 4.12. The molecule has 0 spiro atoms. The Balaban J connectivity index is 2.50. The molecular weight excluding hydrogens is 202 g/mol. The fourth-order valence-corrected chi connectivity index (χ4v) is 2.05. The molecule has 1 aliphatic rings. The minimum atomic E-state index is -0.385. The van der Waals surface area contributed by atoms with Crippen molar-refractivity contribution in [2.75, 3.05) is 0 Å². The van der Waals surface area contributed by atoms with Crippen LogP contribution >= 0.6 is 0 Å². The molecule has 1 aliphatic heterocycles. The molecule has 1 rings (SSSR count). The quantitative estimate of drug-likeness (QED) is 0.737. The Kier molecular flexibility index (Phi) is 4.36. The molecule has 2 unspecified atom stereocenters. The molecule has 94 valence electrons. The minimum Gasteiger partial charge on any atom is -0.459 e. The first-order valence-corrected chi connectivity index (χ1v) is 6.28. The Labute approximate surface area is 98.9 Å². The van der Waals surface area contributed by atoms with E-state index in [2.05, 4.69) is 19.2 Å². The highest BCUT2D eigenvalue weighted by Gasteiger charge is 2.30. The van der Waals surface area contributed by atoms with Gasteiger partial charge in [-0.05, 0) is 46.0 Å². The summed E-state index contributed by atoms with van der Waals surface area (Å²) in [5, 5.41) is 3.40. The first kappa shape index (κ1) is 13.5. The van der Waals surface area contributed by atoms with Gasteiger partial charge in [0, 0.05) is 6.04 Å². The van der Waals surface area contributed by atoms with Gasteiger partial charge in [-0.25, -0.2) is 0 Å². The summed E-state index contributed by atoms with van der Waals surface area (Å²) >= 11 is 0. The molecule has 16 heavy (non-hydrogen) atoms. The molecule has 0 aromatic carbocycles. The van der Waals surface area contributed by atoms with Crippen LogP contribution in [0.3, 0.4) is 0 Å². The van der Waals surface area contributed by atoms with Crippen LogP contribution in [0.25, 0.3) is 0 Å². The molecule has 3 heteroatoms. The maximum atomic E-state index is 11.9. The molecule has 0 amide bonds. The van der Waals surface area contributed by atoms with Crippen LogP contribution in [0.1, 0.15) is 53.9 Å². The zero-order valence-corrected chi connectivity index (χ0v) is 11.2. The largest absolute Gasteiger partial charge is 0.459 e. The summed E-state index contributed by atoms with van der Waals surface area (Å²) in [4.78, 5) is 11.9. The molecule has 1 N–H and O–H groups in total. The van der Waals surface area contributed by atoms with Crippen LogP contribution < -0.4 is 5.32 Å². The molecule has 1 heterocycles. The molecule has 0 aliphatic carbocycles. The fourth-order valence-electron chi connectivity index (χ4n) is 2.05. The molecule has 1 saturated heterocycles. The summed E-state index contributed by atoms with van der Waals surface area (Å²) in [5.74, 6) is 0.475. The van der Waals surface area contributed by atoms with Crippen LogP contribution in [-0.2, 0) is 9.53 Å². The van der Waals surface area contributed by atoms with E-state index in [4.69, 9.17) is 4.74 Å². The maximum Gasteiger partial charge on any atom is 0.323 e. The van der Waals surface area contributed by atoms with Crippen molar-refractivity contribution < 1.29 is 9.53 Å². The zero-order valence-electron chi connectivity index (χ0n) is 11.2. The fraction of sp³-hybridized carbons (Fsp3) is 0.923. The van der Waals surface area contributed by atoms with Gasteiger partial charge in [-0.2, -0.15) is 0 Å². The number of nitrogens with one attached hydrogen (secondary N) is 1. The van der Waals surface area contributed by atoms with Gasteiger partial charge < -0.3 is 10.1 Å². The van der Waals surface area contributed by atoms with Gasteiger partial charge in [-0.15, -0.1) is 0 Å². The van der Waals surface area contributed by atoms with Gasteiger partial charge in [0.05, 0.1) is 0 Å². The third-order valence-corrected chi connectivity index (χ3v) is 2.92. The van der Waals surface area contributed by atoms with Crippen molar-refractivity contribution in [1.29, 1.82) is 0 Å². The average molecular weight is 227 g/mol. The lowest BCUT2D eigenvalue weighted by atomic mass is 9.91. The zero-order chi connectivity index (χ0) is 12.3. The highest BCUT2D eigenvalue weighted by molar-refractivity contribution is 5.76. The highest BCUT2D eigenvalue weighted by Crippen LogP contribution is 2.20. The number of carbonyl (C=O) groups excluding carboxylic acids is 1. The Morgan fingerprint density at radius 2 is 1.94 bits per heavy atom. The Bertz CT molecular complexity index is 243. The Morgan fingerprint density at radius 1 is 1.31 bits per heavy atom. The standard InChI is InChI=1S/C13H25NO2/c1-9(2)10-7-6-8-11(14-10)12(15)16-13(3,4)5/h9-11,14H,6-8H2,1-5H3. The van der Waals surface area contributed by atoms with Crippen LogP contribution in [0.15, 0.2) is 0 Å². The summed E-state index contributed by atoms with van der Waals surface area (Å²) in [5.41, 5.74) is -0.385. The SMILES string of the molecule is CC(C)C1CCCC(C(=O)OC(C)(C)C)N1. The van der Waals surface area contributed by atoms with Gasteiger partial charge in [0.15, 0.2) is 0 Å². The Morgan fingerprint density at radius 3 is 2.44 bits per heavy atom. The van der Waals surface area contributed by atoms with E-state index in [0.717, 1.165) is 19.3 Å². The number of esters is 1. The van der Waals surface area contributed by atoms with Gasteiger partial charge in [0.1, 0.15) is 11.6 Å². The van der Waals surface area contributed by atoms with E-state index < -0.39 is 0 Å². The Hall–Kier alpha value is -0.570. The summed E-state index contributed by atoms with van der Waals surface area (Å²) < 4.78 is 5.40. The van der Waals surface area contributed by atoms with E-state index in [9.17, 15) is 4.79 Å². The molecular formula is C13H25NO2. The summed E-state index contributed by atoms with van der Waals surface area (Å²) in [7, 11) is 0. The van der Waals surface area contributed by atoms with Gasteiger partial charge >= 0.3 is 5.97 Å². The first-order chi connectivity index (χ1) is 7.29. The second-order valence-corrected chi connectivity index (χ2v) is 6.03. The lowest BCUT2D eigenvalue weighted by molar-refractivity contribution is -0.158. The second-order valence-electron chi connectivity index (χ2n) is 6.03. The van der Waals surface area contributed by atoms with Crippen LogP contribution in [-0.4, -0.2) is 23.7 Å². The first-order valence-electron chi connectivity index (χ1n) is 6.28. The predicted molar refractivity (Wildman–Crippen MR) is 65.2 cm³/mol. The lowest BCUT2D eigenvalue weighted by Crippen LogP contribution is -2.50. The maximum absolute atomic E-state index is 11.9. The number of ether oxygens (including phenoxy) is 1. The average Bonchev–Trinajstić information content (AvgIpc) is 2.15.